The summed E-state index contributed by atoms with van der Waals surface area (Å²) in [5.74, 6) is -3.64. The number of amides is 1. The Hall–Kier alpha value is -2.10. The third kappa shape index (κ3) is 3.80. The smallest absolute Gasteiger partial charge is 0.264 e. The Morgan fingerprint density at radius 1 is 1.30 bits per heavy atom. The number of methoxy groups -OCH3 is 1. The van der Waals surface area contributed by atoms with E-state index in [0.29, 0.717) is 11.1 Å². The Morgan fingerprint density at radius 3 is 2.41 bits per heavy atom. The maximum absolute atomic E-state index is 13.1. The van der Waals surface area contributed by atoms with Gasteiger partial charge in [-0.1, -0.05) is 0 Å². The Kier molecular flexibility index (Phi) is 5.61. The highest BCUT2D eigenvalue weighted by molar-refractivity contribution is 7.90. The number of benzene rings is 1. The standard InChI is InChI=1S/C18H23NO7S/c1-10-11(7-8-13(27(6,23)24)12(10)9-25-5)15(20)14-16(21)18(2,3)26-19(4)17(14)22/h7-8,14H,9H2,1-6H3. The van der Waals surface area contributed by atoms with Crippen LogP contribution in [0.25, 0.3) is 0 Å². The molecule has 0 N–H and O–H groups in total. The zero-order valence-corrected chi connectivity index (χ0v) is 17.0. The second-order valence-electron chi connectivity index (χ2n) is 7.02. The minimum atomic E-state index is -3.55. The minimum absolute atomic E-state index is 0.0313. The van der Waals surface area contributed by atoms with Gasteiger partial charge in [0.25, 0.3) is 5.91 Å². The molecule has 1 aromatic rings. The predicted molar refractivity (Wildman–Crippen MR) is 95.8 cm³/mol. The van der Waals surface area contributed by atoms with Gasteiger partial charge in [-0.25, -0.2) is 13.5 Å². The van der Waals surface area contributed by atoms with Gasteiger partial charge in [0.15, 0.2) is 27.3 Å². The van der Waals surface area contributed by atoms with Gasteiger partial charge in [-0.3, -0.25) is 19.2 Å². The van der Waals surface area contributed by atoms with Crippen molar-refractivity contribution in [3.05, 3.63) is 28.8 Å². The van der Waals surface area contributed by atoms with Gasteiger partial charge >= 0.3 is 0 Å². The number of rotatable bonds is 5. The molecule has 1 fully saturated rings. The first-order chi connectivity index (χ1) is 12.3. The van der Waals surface area contributed by atoms with E-state index in [1.807, 2.05) is 0 Å². The van der Waals surface area contributed by atoms with Crippen LogP contribution in [-0.2, 0) is 35.6 Å². The van der Waals surface area contributed by atoms with Crippen molar-refractivity contribution in [2.75, 3.05) is 20.4 Å². The molecule has 1 atom stereocenters. The Bertz CT molecular complexity index is 918. The van der Waals surface area contributed by atoms with Crippen LogP contribution in [0, 0.1) is 12.8 Å². The number of nitrogens with zero attached hydrogens (tertiary/aromatic N) is 1. The number of hydrogen-bond donors (Lipinski definition) is 0. The Balaban J connectivity index is 2.61. The summed E-state index contributed by atoms with van der Waals surface area (Å²) in [6.07, 6.45) is 1.06. The fourth-order valence-corrected chi connectivity index (χ4v) is 4.11. The summed E-state index contributed by atoms with van der Waals surface area (Å²) in [5, 5.41) is 0.889. The highest BCUT2D eigenvalue weighted by Gasteiger charge is 2.50. The number of carbonyl (C=O) groups excluding carboxylic acids is 3. The predicted octanol–water partition coefficient (Wildman–Crippen LogP) is 1.10. The zero-order valence-electron chi connectivity index (χ0n) is 16.2. The summed E-state index contributed by atoms with van der Waals surface area (Å²) in [4.78, 5) is 43.5. The van der Waals surface area contributed by atoms with Crippen molar-refractivity contribution < 1.29 is 32.4 Å². The normalized spacial score (nSPS) is 20.1. The average molecular weight is 397 g/mol. The fraction of sp³-hybridized carbons (Fsp3) is 0.500. The van der Waals surface area contributed by atoms with Gasteiger partial charge in [-0.15, -0.1) is 0 Å². The zero-order chi connectivity index (χ0) is 20.7. The molecule has 0 aromatic heterocycles. The molecule has 1 amide bonds. The molecule has 27 heavy (non-hydrogen) atoms. The number of hydroxylamine groups is 2. The first-order valence-corrected chi connectivity index (χ1v) is 10.1. The number of ketones is 2. The molecule has 2 rings (SSSR count). The van der Waals surface area contributed by atoms with Crippen LogP contribution in [0.5, 0.6) is 0 Å². The lowest BCUT2D eigenvalue weighted by Gasteiger charge is -2.37. The van der Waals surface area contributed by atoms with Crippen LogP contribution < -0.4 is 0 Å². The van der Waals surface area contributed by atoms with E-state index in [-0.39, 0.29) is 17.1 Å². The largest absolute Gasteiger partial charge is 0.380 e. The molecule has 0 aliphatic carbocycles. The van der Waals surface area contributed by atoms with E-state index in [2.05, 4.69) is 0 Å². The monoisotopic (exact) mass is 397 g/mol. The van der Waals surface area contributed by atoms with E-state index >= 15 is 0 Å². The van der Waals surface area contributed by atoms with Crippen molar-refractivity contribution in [1.82, 2.24) is 5.06 Å². The molecule has 1 saturated heterocycles. The number of carbonyl (C=O) groups is 3. The molecule has 9 heteroatoms. The van der Waals surface area contributed by atoms with Crippen LogP contribution in [0.15, 0.2) is 17.0 Å². The van der Waals surface area contributed by atoms with E-state index in [4.69, 9.17) is 9.57 Å². The van der Waals surface area contributed by atoms with Crippen LogP contribution in [0.3, 0.4) is 0 Å². The maximum atomic E-state index is 13.1. The van der Waals surface area contributed by atoms with E-state index < -0.39 is 38.8 Å². The minimum Gasteiger partial charge on any atom is -0.380 e. The first kappa shape index (κ1) is 21.2. The average Bonchev–Trinajstić information content (AvgIpc) is 2.53. The van der Waals surface area contributed by atoms with Crippen LogP contribution in [0.4, 0.5) is 0 Å². The highest BCUT2D eigenvalue weighted by Crippen LogP contribution is 2.31. The summed E-state index contributed by atoms with van der Waals surface area (Å²) in [6, 6.07) is 2.63. The number of hydrogen-bond acceptors (Lipinski definition) is 7. The molecule has 148 valence electrons. The molecule has 0 spiro atoms. The van der Waals surface area contributed by atoms with Gasteiger partial charge in [-0.05, 0) is 44.0 Å². The maximum Gasteiger partial charge on any atom is 0.264 e. The number of Topliss-reactive ketones (excluding diaryl/α,β-unsaturated/α-hetero) is 2. The Morgan fingerprint density at radius 2 is 1.89 bits per heavy atom. The van der Waals surface area contributed by atoms with Crippen molar-refractivity contribution in [3.63, 3.8) is 0 Å². The lowest BCUT2D eigenvalue weighted by atomic mass is 9.82. The van der Waals surface area contributed by atoms with E-state index in [1.54, 1.807) is 6.92 Å². The molecule has 1 aromatic carbocycles. The Labute approximate surface area is 158 Å². The summed E-state index contributed by atoms with van der Waals surface area (Å²) >= 11 is 0. The van der Waals surface area contributed by atoms with Gasteiger partial charge in [0.2, 0.25) is 0 Å². The molecule has 1 aliphatic rings. The van der Waals surface area contributed by atoms with E-state index in [0.717, 1.165) is 11.3 Å². The summed E-state index contributed by atoms with van der Waals surface area (Å²) in [6.45, 7) is 4.50. The molecular weight excluding hydrogens is 374 g/mol. The highest BCUT2D eigenvalue weighted by atomic mass is 32.2. The van der Waals surface area contributed by atoms with Crippen LogP contribution in [-0.4, -0.2) is 57.0 Å². The molecule has 0 bridgehead atoms. The molecule has 0 radical (unpaired) electrons. The van der Waals surface area contributed by atoms with Gasteiger partial charge < -0.3 is 4.74 Å². The lowest BCUT2D eigenvalue weighted by Crippen LogP contribution is -2.58. The van der Waals surface area contributed by atoms with Crippen molar-refractivity contribution in [1.29, 1.82) is 0 Å². The van der Waals surface area contributed by atoms with Gasteiger partial charge in [0, 0.05) is 26.0 Å². The van der Waals surface area contributed by atoms with Crippen LogP contribution in [0.2, 0.25) is 0 Å². The quantitative estimate of drug-likeness (QED) is 0.541. The lowest BCUT2D eigenvalue weighted by molar-refractivity contribution is -0.235. The molecule has 8 nitrogen and oxygen atoms in total. The van der Waals surface area contributed by atoms with Crippen molar-refractivity contribution in [3.8, 4) is 0 Å². The number of ether oxygens (including phenoxy) is 1. The van der Waals surface area contributed by atoms with Crippen LogP contribution in [0.1, 0.15) is 35.3 Å². The van der Waals surface area contributed by atoms with Crippen molar-refractivity contribution in [2.24, 2.45) is 5.92 Å². The summed E-state index contributed by atoms with van der Waals surface area (Å²) in [5.41, 5.74) is -0.547. The topological polar surface area (TPSA) is 107 Å². The van der Waals surface area contributed by atoms with E-state index in [1.165, 1.54) is 40.1 Å². The second kappa shape index (κ2) is 7.14. The number of sulfone groups is 1. The van der Waals surface area contributed by atoms with Gasteiger partial charge in [0.05, 0.1) is 11.5 Å². The van der Waals surface area contributed by atoms with Gasteiger partial charge in [0.1, 0.15) is 5.60 Å². The SMILES string of the molecule is COCc1c(S(C)(=O)=O)ccc(C(=O)C2C(=O)N(C)OC(C)(C)C2=O)c1C. The molecule has 1 unspecified atom stereocenters. The summed E-state index contributed by atoms with van der Waals surface area (Å²) < 4.78 is 29.1. The fourth-order valence-electron chi connectivity index (χ4n) is 3.13. The van der Waals surface area contributed by atoms with Crippen molar-refractivity contribution in [2.45, 2.75) is 37.9 Å². The molecular formula is C18H23NO7S. The van der Waals surface area contributed by atoms with Gasteiger partial charge in [-0.2, -0.15) is 0 Å². The van der Waals surface area contributed by atoms with Crippen LogP contribution >= 0.6 is 0 Å². The first-order valence-electron chi connectivity index (χ1n) is 8.19. The summed E-state index contributed by atoms with van der Waals surface area (Å²) in [7, 11) is -0.802. The second-order valence-corrected chi connectivity index (χ2v) is 9.00. The van der Waals surface area contributed by atoms with Crippen molar-refractivity contribution >= 4 is 27.3 Å². The molecule has 1 aliphatic heterocycles. The third-order valence-electron chi connectivity index (χ3n) is 4.55. The molecule has 0 saturated carbocycles. The van der Waals surface area contributed by atoms with E-state index in [9.17, 15) is 22.8 Å². The third-order valence-corrected chi connectivity index (χ3v) is 5.73. The molecule has 1 heterocycles.